The Kier molecular flexibility index (Phi) is 4.31. The first-order valence-corrected chi connectivity index (χ1v) is 7.85. The van der Waals surface area contributed by atoms with E-state index >= 15 is 0 Å². The molecule has 0 unspecified atom stereocenters. The van der Waals surface area contributed by atoms with Crippen LogP contribution in [0.25, 0.3) is 0 Å². The van der Waals surface area contributed by atoms with Crippen molar-refractivity contribution in [3.05, 3.63) is 52.1 Å². The van der Waals surface area contributed by atoms with Gasteiger partial charge in [0.2, 0.25) is 0 Å². The summed E-state index contributed by atoms with van der Waals surface area (Å²) in [7, 11) is -2.48. The lowest BCUT2D eigenvalue weighted by Crippen LogP contribution is -2.11. The molecule has 0 N–H and O–H groups in total. The molecule has 0 aromatic heterocycles. The Labute approximate surface area is 125 Å². The number of halogens is 1. The summed E-state index contributed by atoms with van der Waals surface area (Å²) < 4.78 is 35.4. The second kappa shape index (κ2) is 5.79. The Morgan fingerprint density at radius 1 is 1.05 bits per heavy atom. The molecule has 0 bridgehead atoms. The highest BCUT2D eigenvalue weighted by Crippen LogP contribution is 2.26. The zero-order chi connectivity index (χ0) is 13.9. The van der Waals surface area contributed by atoms with Crippen LogP contribution in [-0.2, 0) is 10.1 Å². The highest BCUT2D eigenvalue weighted by atomic mass is 127. The van der Waals surface area contributed by atoms with E-state index in [-0.39, 0.29) is 16.4 Å². The van der Waals surface area contributed by atoms with E-state index in [9.17, 15) is 8.42 Å². The normalized spacial score (nSPS) is 11.1. The van der Waals surface area contributed by atoms with Crippen LogP contribution in [0.2, 0.25) is 0 Å². The zero-order valence-electron chi connectivity index (χ0n) is 10.0. The predicted molar refractivity (Wildman–Crippen MR) is 80.0 cm³/mol. The van der Waals surface area contributed by atoms with Crippen LogP contribution in [0.4, 0.5) is 0 Å². The minimum Gasteiger partial charge on any atom is -0.495 e. The minimum absolute atomic E-state index is 0.0105. The van der Waals surface area contributed by atoms with E-state index < -0.39 is 10.1 Å². The summed E-state index contributed by atoms with van der Waals surface area (Å²) in [5, 5.41) is 0. The Hall–Kier alpha value is -1.28. The van der Waals surface area contributed by atoms with Crippen LogP contribution in [0.15, 0.2) is 53.4 Å². The fraction of sp³-hybridized carbons (Fsp3) is 0.0769. The monoisotopic (exact) mass is 390 g/mol. The van der Waals surface area contributed by atoms with Gasteiger partial charge in [0.25, 0.3) is 0 Å². The van der Waals surface area contributed by atoms with E-state index in [1.165, 1.54) is 13.2 Å². The lowest BCUT2D eigenvalue weighted by atomic mass is 10.3. The number of hydrogen-bond donors (Lipinski definition) is 0. The molecule has 2 rings (SSSR count). The summed E-state index contributed by atoms with van der Waals surface area (Å²) >= 11 is 2.09. The van der Waals surface area contributed by atoms with Crippen molar-refractivity contribution in [2.45, 2.75) is 4.90 Å². The van der Waals surface area contributed by atoms with E-state index in [1.807, 2.05) is 6.07 Å². The van der Waals surface area contributed by atoms with Gasteiger partial charge in [-0.1, -0.05) is 18.2 Å². The summed E-state index contributed by atoms with van der Waals surface area (Å²) in [6.45, 7) is 0. The Morgan fingerprint density at radius 2 is 1.79 bits per heavy atom. The fourth-order valence-electron chi connectivity index (χ4n) is 1.52. The molecule has 2 aromatic rings. The van der Waals surface area contributed by atoms with Gasteiger partial charge in [-0.2, -0.15) is 8.42 Å². The molecular formula is C13H11IO4S. The molecular weight excluding hydrogens is 379 g/mol. The first-order valence-electron chi connectivity index (χ1n) is 5.36. The molecule has 0 atom stereocenters. The number of methoxy groups -OCH3 is 1. The lowest BCUT2D eigenvalue weighted by molar-refractivity contribution is 0.398. The van der Waals surface area contributed by atoms with E-state index in [0.717, 1.165) is 3.57 Å². The molecule has 0 aliphatic carbocycles. The maximum absolute atomic E-state index is 12.2. The van der Waals surface area contributed by atoms with Crippen LogP contribution in [0.5, 0.6) is 11.5 Å². The highest BCUT2D eigenvalue weighted by Gasteiger charge is 2.21. The largest absolute Gasteiger partial charge is 0.495 e. The van der Waals surface area contributed by atoms with Crippen molar-refractivity contribution >= 4 is 32.7 Å². The average molecular weight is 390 g/mol. The summed E-state index contributed by atoms with van der Waals surface area (Å²) in [4.78, 5) is 0.0105. The zero-order valence-corrected chi connectivity index (χ0v) is 13.0. The molecule has 0 spiro atoms. The SMILES string of the molecule is COc1ccccc1S(=O)(=O)Oc1cccc(I)c1. The number of ether oxygens (including phenoxy) is 1. The second-order valence-electron chi connectivity index (χ2n) is 3.65. The average Bonchev–Trinajstić information content (AvgIpc) is 2.38. The molecule has 0 amide bonds. The molecule has 0 fully saturated rings. The molecule has 4 nitrogen and oxygen atoms in total. The highest BCUT2D eigenvalue weighted by molar-refractivity contribution is 14.1. The molecule has 0 aliphatic rings. The van der Waals surface area contributed by atoms with Gasteiger partial charge in [-0.15, -0.1) is 0 Å². The Balaban J connectivity index is 2.38. The van der Waals surface area contributed by atoms with Crippen LogP contribution < -0.4 is 8.92 Å². The van der Waals surface area contributed by atoms with E-state index in [4.69, 9.17) is 8.92 Å². The smallest absolute Gasteiger partial charge is 0.342 e. The molecule has 0 radical (unpaired) electrons. The van der Waals surface area contributed by atoms with Crippen LogP contribution in [-0.4, -0.2) is 15.5 Å². The van der Waals surface area contributed by atoms with Crippen LogP contribution in [0.3, 0.4) is 0 Å². The Morgan fingerprint density at radius 3 is 2.47 bits per heavy atom. The van der Waals surface area contributed by atoms with Crippen LogP contribution in [0, 0.1) is 3.57 Å². The minimum atomic E-state index is -3.90. The third kappa shape index (κ3) is 3.38. The van der Waals surface area contributed by atoms with Gasteiger partial charge in [0, 0.05) is 3.57 Å². The van der Waals surface area contributed by atoms with Crippen molar-refractivity contribution in [2.75, 3.05) is 7.11 Å². The van der Waals surface area contributed by atoms with E-state index in [0.29, 0.717) is 0 Å². The molecule has 100 valence electrons. The van der Waals surface area contributed by atoms with Gasteiger partial charge in [-0.3, -0.25) is 0 Å². The quantitative estimate of drug-likeness (QED) is 0.595. The second-order valence-corrected chi connectivity index (χ2v) is 6.41. The molecule has 2 aromatic carbocycles. The summed E-state index contributed by atoms with van der Waals surface area (Å²) in [5.41, 5.74) is 0. The molecule has 6 heteroatoms. The number of para-hydroxylation sites is 1. The molecule has 0 heterocycles. The predicted octanol–water partition coefficient (Wildman–Crippen LogP) is 3.07. The van der Waals surface area contributed by atoms with Crippen molar-refractivity contribution in [1.82, 2.24) is 0 Å². The van der Waals surface area contributed by atoms with Gasteiger partial charge in [0.1, 0.15) is 16.4 Å². The standard InChI is InChI=1S/C13H11IO4S/c1-17-12-7-2-3-8-13(12)19(15,16)18-11-6-4-5-10(14)9-11/h2-9H,1H3. The van der Waals surface area contributed by atoms with Gasteiger partial charge in [-0.05, 0) is 52.9 Å². The van der Waals surface area contributed by atoms with Crippen molar-refractivity contribution in [1.29, 1.82) is 0 Å². The molecule has 0 aliphatic heterocycles. The fourth-order valence-corrected chi connectivity index (χ4v) is 3.12. The number of hydrogen-bond acceptors (Lipinski definition) is 4. The topological polar surface area (TPSA) is 52.6 Å². The first kappa shape index (κ1) is 14.1. The van der Waals surface area contributed by atoms with Crippen LogP contribution >= 0.6 is 22.6 Å². The van der Waals surface area contributed by atoms with Crippen molar-refractivity contribution < 1.29 is 17.3 Å². The summed E-state index contributed by atoms with van der Waals surface area (Å²) in [6.07, 6.45) is 0. The van der Waals surface area contributed by atoms with Gasteiger partial charge in [0.05, 0.1) is 7.11 Å². The van der Waals surface area contributed by atoms with Gasteiger partial charge < -0.3 is 8.92 Å². The Bertz CT molecular complexity index is 683. The number of benzene rings is 2. The summed E-state index contributed by atoms with van der Waals surface area (Å²) in [6, 6.07) is 13.2. The van der Waals surface area contributed by atoms with Gasteiger partial charge in [0.15, 0.2) is 0 Å². The molecule has 0 saturated heterocycles. The summed E-state index contributed by atoms with van der Waals surface area (Å²) in [5.74, 6) is 0.533. The first-order chi connectivity index (χ1) is 9.03. The van der Waals surface area contributed by atoms with Gasteiger partial charge >= 0.3 is 10.1 Å². The number of rotatable bonds is 4. The maximum atomic E-state index is 12.2. The van der Waals surface area contributed by atoms with E-state index in [1.54, 1.807) is 36.4 Å². The van der Waals surface area contributed by atoms with Crippen LogP contribution in [0.1, 0.15) is 0 Å². The maximum Gasteiger partial charge on any atom is 0.342 e. The third-order valence-corrected chi connectivity index (χ3v) is 4.30. The van der Waals surface area contributed by atoms with Crippen molar-refractivity contribution in [3.8, 4) is 11.5 Å². The third-order valence-electron chi connectivity index (χ3n) is 2.34. The lowest BCUT2D eigenvalue weighted by Gasteiger charge is -2.10. The van der Waals surface area contributed by atoms with Crippen molar-refractivity contribution in [2.24, 2.45) is 0 Å². The molecule has 19 heavy (non-hydrogen) atoms. The van der Waals surface area contributed by atoms with Crippen molar-refractivity contribution in [3.63, 3.8) is 0 Å². The van der Waals surface area contributed by atoms with Gasteiger partial charge in [-0.25, -0.2) is 0 Å². The van der Waals surface area contributed by atoms with E-state index in [2.05, 4.69) is 22.6 Å². The molecule has 0 saturated carbocycles.